The number of aryl methyl sites for hydroxylation is 1. The first kappa shape index (κ1) is 9.71. The summed E-state index contributed by atoms with van der Waals surface area (Å²) < 4.78 is 0. The zero-order valence-electron chi connectivity index (χ0n) is 8.30. The molecule has 78 valence electrons. The van der Waals surface area contributed by atoms with E-state index in [9.17, 15) is 4.79 Å². The van der Waals surface area contributed by atoms with Gasteiger partial charge in [-0.3, -0.25) is 0 Å². The van der Waals surface area contributed by atoms with Gasteiger partial charge in [-0.2, -0.15) is 0 Å². The van der Waals surface area contributed by atoms with E-state index in [0.29, 0.717) is 12.1 Å². The van der Waals surface area contributed by atoms with Crippen LogP contribution in [-0.4, -0.2) is 22.9 Å². The molecule has 0 radical (unpaired) electrons. The van der Waals surface area contributed by atoms with E-state index in [1.54, 1.807) is 0 Å². The zero-order chi connectivity index (χ0) is 10.8. The molecule has 1 heterocycles. The van der Waals surface area contributed by atoms with Crippen molar-refractivity contribution in [2.45, 2.75) is 19.4 Å². The van der Waals surface area contributed by atoms with Crippen LogP contribution in [0.1, 0.15) is 17.5 Å². The first-order valence-corrected chi connectivity index (χ1v) is 4.69. The third-order valence-electron chi connectivity index (χ3n) is 2.33. The number of carbonyl (C=O) groups is 1. The summed E-state index contributed by atoms with van der Waals surface area (Å²) in [5.74, 6) is -0.971. The monoisotopic (exact) mass is 205 g/mol. The lowest BCUT2D eigenvalue weighted by Crippen LogP contribution is -2.19. The average Bonchev–Trinajstić information content (AvgIpc) is 2.68. The van der Waals surface area contributed by atoms with Crippen molar-refractivity contribution >= 4 is 11.7 Å². The summed E-state index contributed by atoms with van der Waals surface area (Å²) in [4.78, 5) is 15.4. The van der Waals surface area contributed by atoms with Gasteiger partial charge in [-0.15, -0.1) is 0 Å². The maximum absolute atomic E-state index is 10.6. The molecule has 0 amide bonds. The predicted octanol–water partition coefficient (Wildman–Crippen LogP) is 1.57. The van der Waals surface area contributed by atoms with Crippen molar-refractivity contribution in [3.63, 3.8) is 0 Å². The number of benzene rings is 1. The summed E-state index contributed by atoms with van der Waals surface area (Å²) in [6, 6.07) is 7.77. The van der Waals surface area contributed by atoms with Crippen LogP contribution < -0.4 is 0 Å². The molecule has 1 aromatic rings. The van der Waals surface area contributed by atoms with E-state index >= 15 is 0 Å². The van der Waals surface area contributed by atoms with Crippen LogP contribution in [0, 0.1) is 6.92 Å². The van der Waals surface area contributed by atoms with Gasteiger partial charge >= 0.3 is 5.97 Å². The molecule has 4 heteroatoms. The van der Waals surface area contributed by atoms with Gasteiger partial charge < -0.3 is 9.94 Å². The standard InChI is InChI=1S/C11H11NO3/c1-7-2-4-8(5-3-7)9-6-10(11(13)14)15-12-9/h2-5,10H,6H2,1H3,(H,13,14)/t10-/m0/s1. The van der Waals surface area contributed by atoms with E-state index < -0.39 is 12.1 Å². The first-order chi connectivity index (χ1) is 7.16. The Bertz CT molecular complexity index is 408. The quantitative estimate of drug-likeness (QED) is 0.797. The number of carboxylic acid groups (broad SMARTS) is 1. The second-order valence-corrected chi connectivity index (χ2v) is 3.54. The number of nitrogens with zero attached hydrogens (tertiary/aromatic N) is 1. The molecule has 0 fully saturated rings. The van der Waals surface area contributed by atoms with E-state index in [2.05, 4.69) is 5.16 Å². The molecule has 0 spiro atoms. The summed E-state index contributed by atoms with van der Waals surface area (Å²) in [6.45, 7) is 2.00. The molecule has 4 nitrogen and oxygen atoms in total. The van der Waals surface area contributed by atoms with Crippen LogP contribution in [0.15, 0.2) is 29.4 Å². The summed E-state index contributed by atoms with van der Waals surface area (Å²) in [5, 5.41) is 12.5. The molecule has 1 aliphatic rings. The summed E-state index contributed by atoms with van der Waals surface area (Å²) in [6.07, 6.45) is -0.500. The number of hydrogen-bond acceptors (Lipinski definition) is 3. The molecular formula is C11H11NO3. The molecule has 0 aliphatic carbocycles. The van der Waals surface area contributed by atoms with E-state index in [1.807, 2.05) is 31.2 Å². The number of hydrogen-bond donors (Lipinski definition) is 1. The van der Waals surface area contributed by atoms with Gasteiger partial charge in [0.1, 0.15) is 0 Å². The average molecular weight is 205 g/mol. The molecule has 1 aliphatic heterocycles. The van der Waals surface area contributed by atoms with Gasteiger partial charge in [0.15, 0.2) is 0 Å². The highest BCUT2D eigenvalue weighted by molar-refractivity contribution is 6.03. The van der Waals surface area contributed by atoms with Crippen LogP contribution in [-0.2, 0) is 9.63 Å². The molecule has 1 N–H and O–H groups in total. The van der Waals surface area contributed by atoms with E-state index in [-0.39, 0.29) is 0 Å². The molecule has 2 rings (SSSR count). The maximum atomic E-state index is 10.6. The molecular weight excluding hydrogens is 194 g/mol. The predicted molar refractivity (Wildman–Crippen MR) is 54.8 cm³/mol. The highest BCUT2D eigenvalue weighted by Crippen LogP contribution is 2.17. The first-order valence-electron chi connectivity index (χ1n) is 4.69. The van der Waals surface area contributed by atoms with E-state index in [1.165, 1.54) is 0 Å². The fraction of sp³-hybridized carbons (Fsp3) is 0.273. The summed E-state index contributed by atoms with van der Waals surface area (Å²) >= 11 is 0. The molecule has 0 unspecified atom stereocenters. The third kappa shape index (κ3) is 1.98. The Labute approximate surface area is 87.2 Å². The lowest BCUT2D eigenvalue weighted by molar-refractivity contribution is -0.148. The number of aliphatic carboxylic acids is 1. The maximum Gasteiger partial charge on any atom is 0.348 e. The fourth-order valence-corrected chi connectivity index (χ4v) is 1.43. The Balaban J connectivity index is 2.14. The molecule has 0 saturated heterocycles. The van der Waals surface area contributed by atoms with Gasteiger partial charge in [-0.1, -0.05) is 35.0 Å². The van der Waals surface area contributed by atoms with Crippen molar-refractivity contribution in [3.8, 4) is 0 Å². The highest BCUT2D eigenvalue weighted by atomic mass is 16.7. The van der Waals surface area contributed by atoms with Crippen LogP contribution in [0.25, 0.3) is 0 Å². The molecule has 0 bridgehead atoms. The highest BCUT2D eigenvalue weighted by Gasteiger charge is 2.28. The van der Waals surface area contributed by atoms with Gasteiger partial charge in [-0.25, -0.2) is 4.79 Å². The van der Waals surface area contributed by atoms with Gasteiger partial charge in [0.25, 0.3) is 0 Å². The second kappa shape index (κ2) is 3.73. The molecule has 0 saturated carbocycles. The Morgan fingerprint density at radius 1 is 1.47 bits per heavy atom. The number of oxime groups is 1. The van der Waals surface area contributed by atoms with Gasteiger partial charge in [-0.05, 0) is 12.5 Å². The normalized spacial score (nSPS) is 19.5. The topological polar surface area (TPSA) is 58.9 Å². The van der Waals surface area contributed by atoms with Crippen molar-refractivity contribution < 1.29 is 14.7 Å². The smallest absolute Gasteiger partial charge is 0.348 e. The number of carboxylic acids is 1. The van der Waals surface area contributed by atoms with Crippen molar-refractivity contribution in [3.05, 3.63) is 35.4 Å². The third-order valence-corrected chi connectivity index (χ3v) is 2.33. The Kier molecular flexibility index (Phi) is 2.41. The summed E-state index contributed by atoms with van der Waals surface area (Å²) in [5.41, 5.74) is 2.78. The lowest BCUT2D eigenvalue weighted by Gasteiger charge is -2.00. The van der Waals surface area contributed by atoms with Crippen LogP contribution in [0.5, 0.6) is 0 Å². The van der Waals surface area contributed by atoms with Crippen LogP contribution in [0.3, 0.4) is 0 Å². The lowest BCUT2D eigenvalue weighted by atomic mass is 10.0. The van der Waals surface area contributed by atoms with Crippen LogP contribution in [0.4, 0.5) is 0 Å². The van der Waals surface area contributed by atoms with Gasteiger partial charge in [0.2, 0.25) is 6.10 Å². The minimum Gasteiger partial charge on any atom is -0.478 e. The second-order valence-electron chi connectivity index (χ2n) is 3.54. The van der Waals surface area contributed by atoms with Crippen molar-refractivity contribution in [1.29, 1.82) is 0 Å². The van der Waals surface area contributed by atoms with Crippen LogP contribution in [0.2, 0.25) is 0 Å². The Morgan fingerprint density at radius 2 is 2.13 bits per heavy atom. The van der Waals surface area contributed by atoms with E-state index in [0.717, 1.165) is 11.1 Å². The molecule has 1 aromatic carbocycles. The minimum atomic E-state index is -0.971. The van der Waals surface area contributed by atoms with Crippen LogP contribution >= 0.6 is 0 Å². The molecule has 15 heavy (non-hydrogen) atoms. The summed E-state index contributed by atoms with van der Waals surface area (Å²) in [7, 11) is 0. The molecule has 0 aromatic heterocycles. The molecule has 1 atom stereocenters. The Hall–Kier alpha value is -1.84. The number of rotatable bonds is 2. The zero-order valence-corrected chi connectivity index (χ0v) is 8.30. The largest absolute Gasteiger partial charge is 0.478 e. The Morgan fingerprint density at radius 3 is 2.67 bits per heavy atom. The fourth-order valence-electron chi connectivity index (χ4n) is 1.43. The van der Waals surface area contributed by atoms with Crippen molar-refractivity contribution in [2.75, 3.05) is 0 Å². The SMILES string of the molecule is Cc1ccc(C2=NO[C@H](C(=O)O)C2)cc1. The van der Waals surface area contributed by atoms with E-state index in [4.69, 9.17) is 9.94 Å². The van der Waals surface area contributed by atoms with Gasteiger partial charge in [0.05, 0.1) is 5.71 Å². The minimum absolute atomic E-state index is 0.332. The van der Waals surface area contributed by atoms with Gasteiger partial charge in [0, 0.05) is 6.42 Å². The van der Waals surface area contributed by atoms with Crippen molar-refractivity contribution in [1.82, 2.24) is 0 Å². The van der Waals surface area contributed by atoms with Crippen molar-refractivity contribution in [2.24, 2.45) is 5.16 Å².